The second-order valence-electron chi connectivity index (χ2n) is 1.89. The van der Waals surface area contributed by atoms with Crippen molar-refractivity contribution in [3.05, 3.63) is 24.2 Å². The van der Waals surface area contributed by atoms with E-state index in [1.807, 2.05) is 0 Å². The number of nitrogens with two attached hydrogens (primary N) is 1. The average Bonchev–Trinajstić information content (AvgIpc) is 2.32. The van der Waals surface area contributed by atoms with Gasteiger partial charge in [-0.25, -0.2) is 5.14 Å². The lowest BCUT2D eigenvalue weighted by molar-refractivity contribution is 0.307. The van der Waals surface area contributed by atoms with Crippen LogP contribution in [-0.2, 0) is 21.1 Å². The van der Waals surface area contributed by atoms with E-state index in [1.54, 1.807) is 6.07 Å². The van der Waals surface area contributed by atoms with Crippen molar-refractivity contribution in [3.8, 4) is 0 Å². The van der Waals surface area contributed by atoms with Crippen LogP contribution in [0.3, 0.4) is 0 Å². The zero-order valence-corrected chi connectivity index (χ0v) is 6.37. The Morgan fingerprint density at radius 1 is 1.64 bits per heavy atom. The average molecular weight is 177 g/mol. The van der Waals surface area contributed by atoms with Crippen LogP contribution in [0, 0.1) is 0 Å². The molecule has 0 bridgehead atoms. The molecule has 1 aromatic rings. The highest BCUT2D eigenvalue weighted by Gasteiger charge is 2.02. The molecule has 0 aliphatic heterocycles. The van der Waals surface area contributed by atoms with Crippen LogP contribution >= 0.6 is 0 Å². The Labute approximate surface area is 64.0 Å². The highest BCUT2D eigenvalue weighted by Crippen LogP contribution is 2.02. The molecule has 0 unspecified atom stereocenters. The molecule has 5 nitrogen and oxygen atoms in total. The van der Waals surface area contributed by atoms with Gasteiger partial charge in [-0.1, -0.05) is 0 Å². The van der Waals surface area contributed by atoms with E-state index in [-0.39, 0.29) is 6.61 Å². The van der Waals surface area contributed by atoms with Gasteiger partial charge in [-0.2, -0.15) is 8.42 Å². The lowest BCUT2D eigenvalue weighted by Gasteiger charge is -1.95. The summed E-state index contributed by atoms with van der Waals surface area (Å²) in [6.07, 6.45) is 2.80. The number of hydrogen-bond acceptors (Lipinski definition) is 4. The quantitative estimate of drug-likeness (QED) is 0.704. The van der Waals surface area contributed by atoms with Crippen LogP contribution in [0.2, 0.25) is 0 Å². The molecule has 0 amide bonds. The predicted octanol–water partition coefficient (Wildman–Crippen LogP) is -0.000300. The lowest BCUT2D eigenvalue weighted by atomic mass is 10.4. The van der Waals surface area contributed by atoms with Gasteiger partial charge in [-0.3, -0.25) is 4.18 Å². The highest BCUT2D eigenvalue weighted by molar-refractivity contribution is 7.84. The van der Waals surface area contributed by atoms with Crippen molar-refractivity contribution < 1.29 is 17.0 Å². The molecule has 0 aliphatic rings. The van der Waals surface area contributed by atoms with E-state index >= 15 is 0 Å². The van der Waals surface area contributed by atoms with Gasteiger partial charge in [0.1, 0.15) is 0 Å². The summed E-state index contributed by atoms with van der Waals surface area (Å²) < 4.78 is 29.4. The van der Waals surface area contributed by atoms with E-state index in [4.69, 9.17) is 0 Å². The Morgan fingerprint density at radius 2 is 2.36 bits per heavy atom. The first-order valence-corrected chi connectivity index (χ1v) is 4.23. The van der Waals surface area contributed by atoms with Crippen LogP contribution in [0.4, 0.5) is 0 Å². The first-order valence-electron chi connectivity index (χ1n) is 2.76. The van der Waals surface area contributed by atoms with Crippen molar-refractivity contribution in [2.75, 3.05) is 0 Å². The Balaban J connectivity index is 2.48. The molecule has 6 heteroatoms. The molecule has 1 aromatic heterocycles. The van der Waals surface area contributed by atoms with Crippen molar-refractivity contribution in [3.63, 3.8) is 0 Å². The summed E-state index contributed by atoms with van der Waals surface area (Å²) >= 11 is 0. The first kappa shape index (κ1) is 8.25. The van der Waals surface area contributed by atoms with Crippen LogP contribution in [0.15, 0.2) is 23.0 Å². The van der Waals surface area contributed by atoms with Crippen LogP contribution in [0.1, 0.15) is 5.56 Å². The maximum atomic E-state index is 10.3. The third-order valence-corrected chi connectivity index (χ3v) is 1.42. The molecule has 62 valence electrons. The normalized spacial score (nSPS) is 11.7. The summed E-state index contributed by atoms with van der Waals surface area (Å²) in [6.45, 7) is -0.0880. The molecule has 0 aliphatic carbocycles. The SMILES string of the molecule is NS(=O)(=O)OCc1ccoc1. The molecule has 0 spiro atoms. The van der Waals surface area contributed by atoms with Crippen LogP contribution < -0.4 is 5.14 Å². The monoisotopic (exact) mass is 177 g/mol. The molecule has 0 fully saturated rings. The summed E-state index contributed by atoms with van der Waals surface area (Å²) in [5.74, 6) is 0. The van der Waals surface area contributed by atoms with Gasteiger partial charge in [0, 0.05) is 5.56 Å². The van der Waals surface area contributed by atoms with E-state index in [2.05, 4.69) is 13.7 Å². The van der Waals surface area contributed by atoms with Gasteiger partial charge >= 0.3 is 10.3 Å². The molecule has 0 saturated carbocycles. The smallest absolute Gasteiger partial charge is 0.333 e. The van der Waals surface area contributed by atoms with E-state index < -0.39 is 10.3 Å². The predicted molar refractivity (Wildman–Crippen MR) is 36.6 cm³/mol. The Kier molecular flexibility index (Phi) is 2.28. The molecule has 11 heavy (non-hydrogen) atoms. The fourth-order valence-electron chi connectivity index (χ4n) is 0.525. The second-order valence-corrected chi connectivity index (χ2v) is 3.11. The molecular formula is C5H7NO4S. The van der Waals surface area contributed by atoms with Gasteiger partial charge in [-0.05, 0) is 6.07 Å². The summed E-state index contributed by atoms with van der Waals surface area (Å²) in [6, 6.07) is 1.59. The van der Waals surface area contributed by atoms with E-state index in [0.717, 1.165) is 0 Å². The lowest BCUT2D eigenvalue weighted by Crippen LogP contribution is -2.15. The number of rotatable bonds is 3. The zero-order chi connectivity index (χ0) is 8.32. The maximum Gasteiger partial charge on any atom is 0.333 e. The topological polar surface area (TPSA) is 82.5 Å². The minimum Gasteiger partial charge on any atom is -0.472 e. The zero-order valence-electron chi connectivity index (χ0n) is 5.56. The van der Waals surface area contributed by atoms with Gasteiger partial charge in [0.2, 0.25) is 0 Å². The molecule has 0 aromatic carbocycles. The van der Waals surface area contributed by atoms with Gasteiger partial charge in [0.15, 0.2) is 0 Å². The molecule has 0 atom stereocenters. The van der Waals surface area contributed by atoms with Crippen molar-refractivity contribution in [1.29, 1.82) is 0 Å². The fourth-order valence-corrected chi connectivity index (χ4v) is 0.825. The summed E-state index contributed by atoms with van der Waals surface area (Å²) in [7, 11) is -3.84. The standard InChI is InChI=1S/C5H7NO4S/c6-11(7,8)10-4-5-1-2-9-3-5/h1-3H,4H2,(H2,6,7,8). The molecule has 2 N–H and O–H groups in total. The summed E-state index contributed by atoms with van der Waals surface area (Å²) in [5.41, 5.74) is 0.624. The van der Waals surface area contributed by atoms with Crippen LogP contribution in [-0.4, -0.2) is 8.42 Å². The van der Waals surface area contributed by atoms with Gasteiger partial charge in [0.25, 0.3) is 0 Å². The van der Waals surface area contributed by atoms with Gasteiger partial charge in [-0.15, -0.1) is 0 Å². The fraction of sp³-hybridized carbons (Fsp3) is 0.200. The van der Waals surface area contributed by atoms with Gasteiger partial charge < -0.3 is 4.42 Å². The minimum absolute atomic E-state index is 0.0880. The van der Waals surface area contributed by atoms with Crippen LogP contribution in [0.5, 0.6) is 0 Å². The Bertz CT molecular complexity index is 301. The Morgan fingerprint density at radius 3 is 2.82 bits per heavy atom. The van der Waals surface area contributed by atoms with Crippen molar-refractivity contribution in [2.45, 2.75) is 6.61 Å². The van der Waals surface area contributed by atoms with Crippen LogP contribution in [0.25, 0.3) is 0 Å². The largest absolute Gasteiger partial charge is 0.472 e. The maximum absolute atomic E-state index is 10.3. The van der Waals surface area contributed by atoms with Crippen molar-refractivity contribution >= 4 is 10.3 Å². The molecular weight excluding hydrogens is 170 g/mol. The summed E-state index contributed by atoms with van der Waals surface area (Å²) in [4.78, 5) is 0. The van der Waals surface area contributed by atoms with Crippen molar-refractivity contribution in [1.82, 2.24) is 0 Å². The molecule has 1 rings (SSSR count). The van der Waals surface area contributed by atoms with E-state index in [1.165, 1.54) is 12.5 Å². The second kappa shape index (κ2) is 3.04. The highest BCUT2D eigenvalue weighted by atomic mass is 32.2. The minimum atomic E-state index is -3.84. The number of hydrogen-bond donors (Lipinski definition) is 1. The Hall–Kier alpha value is -0.850. The van der Waals surface area contributed by atoms with Gasteiger partial charge in [0.05, 0.1) is 19.1 Å². The third kappa shape index (κ3) is 3.17. The molecule has 0 saturated heterocycles. The molecule has 0 radical (unpaired) electrons. The van der Waals surface area contributed by atoms with E-state index in [0.29, 0.717) is 5.56 Å². The third-order valence-electron chi connectivity index (χ3n) is 0.970. The summed E-state index contributed by atoms with van der Waals surface area (Å²) in [5, 5.41) is 4.57. The number of furan rings is 1. The van der Waals surface area contributed by atoms with Crippen molar-refractivity contribution in [2.24, 2.45) is 5.14 Å². The molecule has 1 heterocycles. The van der Waals surface area contributed by atoms with E-state index in [9.17, 15) is 8.42 Å². The first-order chi connectivity index (χ1) is 5.08.